The van der Waals surface area contributed by atoms with Crippen LogP contribution in [0.4, 0.5) is 11.9 Å². The summed E-state index contributed by atoms with van der Waals surface area (Å²) in [4.78, 5) is 11.7. The first-order valence-corrected chi connectivity index (χ1v) is 10.2. The van der Waals surface area contributed by atoms with Crippen molar-refractivity contribution in [2.24, 2.45) is 7.05 Å². The summed E-state index contributed by atoms with van der Waals surface area (Å²) in [5.41, 5.74) is 10.2. The molecular formula is C19H31N9. The van der Waals surface area contributed by atoms with Crippen LogP contribution in [0.3, 0.4) is 0 Å². The zero-order valence-electron chi connectivity index (χ0n) is 17.5. The minimum atomic E-state index is 0.308. The van der Waals surface area contributed by atoms with Gasteiger partial charge in [0.15, 0.2) is 0 Å². The van der Waals surface area contributed by atoms with Gasteiger partial charge in [-0.25, -0.2) is 20.1 Å². The van der Waals surface area contributed by atoms with Crippen LogP contribution in [0, 0.1) is 13.8 Å². The third-order valence-electron chi connectivity index (χ3n) is 5.33. The van der Waals surface area contributed by atoms with Gasteiger partial charge in [-0.3, -0.25) is 10.1 Å². The second kappa shape index (κ2) is 7.46. The molecule has 9 heteroatoms. The van der Waals surface area contributed by atoms with Gasteiger partial charge in [0.2, 0.25) is 11.9 Å². The van der Waals surface area contributed by atoms with E-state index in [1.165, 1.54) is 12.8 Å². The van der Waals surface area contributed by atoms with Crippen molar-refractivity contribution in [2.45, 2.75) is 59.4 Å². The maximum absolute atomic E-state index is 4.78. The van der Waals surface area contributed by atoms with E-state index in [0.29, 0.717) is 6.04 Å². The van der Waals surface area contributed by atoms with E-state index in [1.807, 2.05) is 28.3 Å². The van der Waals surface area contributed by atoms with Gasteiger partial charge < -0.3 is 4.90 Å². The van der Waals surface area contributed by atoms with Crippen molar-refractivity contribution < 1.29 is 0 Å². The van der Waals surface area contributed by atoms with Crippen molar-refractivity contribution >= 4 is 11.9 Å². The smallest absolute Gasteiger partial charge is 0.244 e. The van der Waals surface area contributed by atoms with Crippen molar-refractivity contribution in [3.8, 4) is 0 Å². The molecule has 0 spiro atoms. The van der Waals surface area contributed by atoms with Gasteiger partial charge in [-0.15, -0.1) is 5.10 Å². The molecule has 0 amide bonds. The SMILES string of the molecule is Cc1nc2n(c1C)NC(CCc1nc(N3CCCC3)nn1C)=CN2NC(C)C. The van der Waals surface area contributed by atoms with Crippen molar-refractivity contribution in [1.29, 1.82) is 0 Å². The standard InChI is InChI=1S/C19H31N9/c1-13(2)22-27-12-16(23-28-15(4)14(3)20-19(27)28)8-9-17-21-18(24-25(17)5)26-10-6-7-11-26/h12-13,22-23H,6-11H2,1-5H3. The summed E-state index contributed by atoms with van der Waals surface area (Å²) in [5.74, 6) is 2.74. The topological polar surface area (TPSA) is 79.1 Å². The molecule has 2 aromatic heterocycles. The van der Waals surface area contributed by atoms with Crippen LogP contribution in [-0.2, 0) is 13.5 Å². The lowest BCUT2D eigenvalue weighted by atomic mass is 10.2. The molecule has 9 nitrogen and oxygen atoms in total. The number of hydrazine groups is 1. The number of anilines is 2. The van der Waals surface area contributed by atoms with Crippen molar-refractivity contribution in [3.63, 3.8) is 0 Å². The summed E-state index contributed by atoms with van der Waals surface area (Å²) in [5, 5.41) is 6.63. The quantitative estimate of drug-likeness (QED) is 0.787. The molecule has 28 heavy (non-hydrogen) atoms. The average molecular weight is 386 g/mol. The number of hydrogen-bond donors (Lipinski definition) is 2. The summed E-state index contributed by atoms with van der Waals surface area (Å²) in [6, 6.07) is 0.308. The van der Waals surface area contributed by atoms with E-state index in [0.717, 1.165) is 60.7 Å². The van der Waals surface area contributed by atoms with E-state index >= 15 is 0 Å². The Labute approximate surface area is 166 Å². The Morgan fingerprint density at radius 3 is 2.61 bits per heavy atom. The Balaban J connectivity index is 1.50. The normalized spacial score (nSPS) is 16.6. The van der Waals surface area contributed by atoms with Gasteiger partial charge in [0.25, 0.3) is 0 Å². The predicted octanol–water partition coefficient (Wildman–Crippen LogP) is 1.98. The van der Waals surface area contributed by atoms with E-state index in [9.17, 15) is 0 Å². The molecule has 1 fully saturated rings. The number of imidazole rings is 1. The fraction of sp³-hybridized carbons (Fsp3) is 0.632. The number of aryl methyl sites for hydroxylation is 3. The van der Waals surface area contributed by atoms with Gasteiger partial charge in [-0.05, 0) is 47.0 Å². The molecule has 4 rings (SSSR count). The number of fused-ring (bicyclic) bond motifs is 1. The monoisotopic (exact) mass is 385 g/mol. The van der Waals surface area contributed by atoms with E-state index in [-0.39, 0.29) is 0 Å². The van der Waals surface area contributed by atoms with E-state index in [1.54, 1.807) is 0 Å². The molecule has 2 aromatic rings. The summed E-state index contributed by atoms with van der Waals surface area (Å²) >= 11 is 0. The molecule has 0 bridgehead atoms. The van der Waals surface area contributed by atoms with Crippen molar-refractivity contribution in [1.82, 2.24) is 29.9 Å². The Bertz CT molecular complexity index is 870. The van der Waals surface area contributed by atoms with Crippen LogP contribution >= 0.6 is 0 Å². The Morgan fingerprint density at radius 1 is 1.14 bits per heavy atom. The van der Waals surface area contributed by atoms with E-state index in [4.69, 9.17) is 4.98 Å². The van der Waals surface area contributed by atoms with Gasteiger partial charge in [0, 0.05) is 38.8 Å². The number of hydrogen-bond acceptors (Lipinski definition) is 7. The Kier molecular flexibility index (Phi) is 5.01. The highest BCUT2D eigenvalue weighted by Crippen LogP contribution is 2.24. The zero-order chi connectivity index (χ0) is 19.8. The van der Waals surface area contributed by atoms with Gasteiger partial charge in [-0.2, -0.15) is 4.98 Å². The first-order valence-electron chi connectivity index (χ1n) is 10.2. The molecular weight excluding hydrogens is 354 g/mol. The van der Waals surface area contributed by atoms with Crippen LogP contribution < -0.4 is 20.8 Å². The number of nitrogens with zero attached hydrogens (tertiary/aromatic N) is 7. The largest absolute Gasteiger partial charge is 0.340 e. The second-order valence-electron chi connectivity index (χ2n) is 7.98. The van der Waals surface area contributed by atoms with Gasteiger partial charge in [-0.1, -0.05) is 0 Å². The first kappa shape index (κ1) is 18.8. The number of rotatable bonds is 6. The third-order valence-corrected chi connectivity index (χ3v) is 5.33. The van der Waals surface area contributed by atoms with Crippen LogP contribution in [0.1, 0.15) is 50.3 Å². The molecule has 0 aromatic carbocycles. The number of allylic oxidation sites excluding steroid dienone is 1. The number of aromatic nitrogens is 5. The van der Waals surface area contributed by atoms with Crippen LogP contribution in [-0.4, -0.2) is 43.6 Å². The maximum Gasteiger partial charge on any atom is 0.244 e. The summed E-state index contributed by atoms with van der Waals surface area (Å²) in [7, 11) is 1.98. The molecule has 0 radical (unpaired) electrons. The molecule has 152 valence electrons. The van der Waals surface area contributed by atoms with Crippen molar-refractivity contribution in [2.75, 3.05) is 28.4 Å². The maximum atomic E-state index is 4.78. The fourth-order valence-electron chi connectivity index (χ4n) is 3.69. The minimum Gasteiger partial charge on any atom is -0.340 e. The molecule has 2 aliphatic heterocycles. The highest BCUT2D eigenvalue weighted by molar-refractivity contribution is 5.46. The Morgan fingerprint density at radius 2 is 1.89 bits per heavy atom. The lowest BCUT2D eigenvalue weighted by Crippen LogP contribution is -2.44. The average Bonchev–Trinajstić information content (AvgIpc) is 3.35. The molecule has 1 saturated heterocycles. The highest BCUT2D eigenvalue weighted by Gasteiger charge is 2.23. The molecule has 0 atom stereocenters. The van der Waals surface area contributed by atoms with E-state index in [2.05, 4.69) is 52.8 Å². The van der Waals surface area contributed by atoms with Crippen LogP contribution in [0.5, 0.6) is 0 Å². The Hall–Kier alpha value is -2.55. The molecule has 0 saturated carbocycles. The summed E-state index contributed by atoms with van der Waals surface area (Å²) in [6.45, 7) is 10.5. The highest BCUT2D eigenvalue weighted by atomic mass is 15.6. The third kappa shape index (κ3) is 3.58. The summed E-state index contributed by atoms with van der Waals surface area (Å²) < 4.78 is 3.96. The number of nitrogens with one attached hydrogen (secondary N) is 2. The predicted molar refractivity (Wildman–Crippen MR) is 111 cm³/mol. The fourth-order valence-corrected chi connectivity index (χ4v) is 3.69. The zero-order valence-corrected chi connectivity index (χ0v) is 17.5. The van der Waals surface area contributed by atoms with Gasteiger partial charge in [0.05, 0.1) is 17.1 Å². The van der Waals surface area contributed by atoms with Gasteiger partial charge in [0.1, 0.15) is 5.82 Å². The lowest BCUT2D eigenvalue weighted by molar-refractivity contribution is 0.566. The molecule has 2 N–H and O–H groups in total. The van der Waals surface area contributed by atoms with Gasteiger partial charge >= 0.3 is 0 Å². The van der Waals surface area contributed by atoms with Crippen molar-refractivity contribution in [3.05, 3.63) is 29.1 Å². The lowest BCUT2D eigenvalue weighted by Gasteiger charge is -2.30. The minimum absolute atomic E-state index is 0.308. The van der Waals surface area contributed by atoms with E-state index < -0.39 is 0 Å². The molecule has 4 heterocycles. The van der Waals surface area contributed by atoms with Crippen LogP contribution in [0.25, 0.3) is 0 Å². The second-order valence-corrected chi connectivity index (χ2v) is 7.98. The molecule has 0 aliphatic carbocycles. The van der Waals surface area contributed by atoms with Crippen LogP contribution in [0.15, 0.2) is 11.9 Å². The van der Waals surface area contributed by atoms with Crippen LogP contribution in [0.2, 0.25) is 0 Å². The summed E-state index contributed by atoms with van der Waals surface area (Å²) in [6.07, 6.45) is 6.23. The molecule has 0 unspecified atom stereocenters. The molecule has 2 aliphatic rings. The first-order chi connectivity index (χ1) is 13.4.